The van der Waals surface area contributed by atoms with Gasteiger partial charge in [-0.1, -0.05) is 38.1 Å². The fourth-order valence-electron chi connectivity index (χ4n) is 2.78. The minimum atomic E-state index is -4.76. The molecule has 1 aromatic carbocycles. The zero-order valence-electron chi connectivity index (χ0n) is 16.8. The standard InChI is InChI=1S/C15H14F3N3O3S.C2H6.CH3.Y/c1-9-5-3-4-6-10(9)14-13(22)12-11(7-19-20(12)2)21(25(14,23)24)8-15(16,17)18;1-2;;/h3-7,22H,8H2,1-2H3;1-2H3;1H3;/q;;-1;. The van der Waals surface area contributed by atoms with Gasteiger partial charge in [-0.3, -0.25) is 8.99 Å². The molecule has 6 nitrogen and oxygen atoms in total. The normalized spacial score (nSPS) is 14.8. The van der Waals surface area contributed by atoms with E-state index in [9.17, 15) is 26.7 Å². The van der Waals surface area contributed by atoms with Crippen LogP contribution in [-0.2, 0) is 49.8 Å². The second kappa shape index (κ2) is 10.1. The molecule has 1 aliphatic rings. The van der Waals surface area contributed by atoms with Crippen LogP contribution in [0.5, 0.6) is 0 Å². The van der Waals surface area contributed by atoms with E-state index in [1.807, 2.05) is 13.8 Å². The molecule has 0 aliphatic carbocycles. The average molecular weight is 507 g/mol. The molecular formula is C18H23F3N3O3SY-. The van der Waals surface area contributed by atoms with Gasteiger partial charge in [0.1, 0.15) is 22.8 Å². The second-order valence-corrected chi connectivity index (χ2v) is 7.42. The number of aryl methyl sites for hydroxylation is 2. The summed E-state index contributed by atoms with van der Waals surface area (Å²) in [6.07, 6.45) is -3.77. The van der Waals surface area contributed by atoms with Gasteiger partial charge in [-0.15, -0.1) is 0 Å². The smallest absolute Gasteiger partial charge is 0.407 e. The van der Waals surface area contributed by atoms with Crippen LogP contribution in [0, 0.1) is 14.4 Å². The van der Waals surface area contributed by atoms with E-state index >= 15 is 0 Å². The van der Waals surface area contributed by atoms with Gasteiger partial charge in [0.2, 0.25) is 0 Å². The molecule has 2 heterocycles. The minimum absolute atomic E-state index is 0. The maximum atomic E-state index is 13.0. The van der Waals surface area contributed by atoms with Crippen LogP contribution in [0.4, 0.5) is 18.9 Å². The van der Waals surface area contributed by atoms with Crippen molar-refractivity contribution in [1.82, 2.24) is 9.78 Å². The number of halogens is 3. The Bertz CT molecular complexity index is 986. The zero-order chi connectivity index (χ0) is 20.6. The molecular weight excluding hydrogens is 484 g/mol. The Balaban J connectivity index is 0.00000190. The molecule has 29 heavy (non-hydrogen) atoms. The number of rotatable bonds is 2. The molecule has 0 saturated heterocycles. The van der Waals surface area contributed by atoms with Gasteiger partial charge in [0.25, 0.3) is 10.0 Å². The van der Waals surface area contributed by atoms with E-state index in [0.717, 1.165) is 10.9 Å². The maximum absolute atomic E-state index is 13.0. The molecule has 0 fully saturated rings. The third kappa shape index (κ3) is 5.21. The minimum Gasteiger partial charge on any atom is -0.504 e. The van der Waals surface area contributed by atoms with Crippen LogP contribution in [0.25, 0.3) is 10.7 Å². The summed E-state index contributed by atoms with van der Waals surface area (Å²) < 4.78 is 66.1. The van der Waals surface area contributed by atoms with Gasteiger partial charge in [-0.05, 0) is 12.5 Å². The number of nitrogens with zero attached hydrogens (tertiary/aromatic N) is 3. The molecule has 3 rings (SSSR count). The van der Waals surface area contributed by atoms with Gasteiger partial charge in [0.15, 0.2) is 5.76 Å². The predicted octanol–water partition coefficient (Wildman–Crippen LogP) is 4.30. The Morgan fingerprint density at radius 2 is 1.72 bits per heavy atom. The van der Waals surface area contributed by atoms with Crippen molar-refractivity contribution >= 4 is 26.4 Å². The first-order chi connectivity index (χ1) is 12.5. The SMILES string of the molecule is CC.Cc1ccccc1C1=C(O)c2c(cnn2C)N(CC(F)(F)F)S1(=O)=O.[CH3-].[Y]. The Hall–Kier alpha value is -1.39. The third-order valence-electron chi connectivity index (χ3n) is 3.89. The Labute approximate surface area is 194 Å². The van der Waals surface area contributed by atoms with E-state index in [2.05, 4.69) is 5.10 Å². The molecule has 1 radical (unpaired) electrons. The summed E-state index contributed by atoms with van der Waals surface area (Å²) in [5, 5.41) is 14.3. The first-order valence-electron chi connectivity index (χ1n) is 8.15. The summed E-state index contributed by atoms with van der Waals surface area (Å²) in [5.74, 6) is -0.622. The van der Waals surface area contributed by atoms with Gasteiger partial charge in [-0.2, -0.15) is 18.3 Å². The van der Waals surface area contributed by atoms with Crippen molar-refractivity contribution in [2.75, 3.05) is 10.8 Å². The number of hydrogen-bond donors (Lipinski definition) is 1. The molecule has 1 N–H and O–H groups in total. The number of anilines is 1. The summed E-state index contributed by atoms with van der Waals surface area (Å²) in [6, 6.07) is 6.25. The van der Waals surface area contributed by atoms with E-state index in [0.29, 0.717) is 5.56 Å². The van der Waals surface area contributed by atoms with Crippen LogP contribution in [0.1, 0.15) is 30.7 Å². The van der Waals surface area contributed by atoms with Crippen LogP contribution >= 0.6 is 0 Å². The summed E-state index contributed by atoms with van der Waals surface area (Å²) in [5.41, 5.74) is 0.246. The van der Waals surface area contributed by atoms with E-state index < -0.39 is 33.4 Å². The Morgan fingerprint density at radius 3 is 2.24 bits per heavy atom. The summed E-state index contributed by atoms with van der Waals surface area (Å²) in [6.45, 7) is 3.90. The predicted molar refractivity (Wildman–Crippen MR) is 104 cm³/mol. The zero-order valence-corrected chi connectivity index (χ0v) is 20.5. The van der Waals surface area contributed by atoms with Gasteiger partial charge < -0.3 is 12.5 Å². The van der Waals surface area contributed by atoms with Crippen molar-refractivity contribution in [3.63, 3.8) is 0 Å². The molecule has 2 aromatic rings. The molecule has 0 amide bonds. The maximum Gasteiger partial charge on any atom is 0.407 e. The number of alkyl halides is 3. The number of fused-ring (bicyclic) bond motifs is 1. The molecule has 0 atom stereocenters. The van der Waals surface area contributed by atoms with E-state index in [1.165, 1.54) is 13.1 Å². The van der Waals surface area contributed by atoms with Gasteiger partial charge in [-0.25, -0.2) is 8.42 Å². The quantitative estimate of drug-likeness (QED) is 0.616. The van der Waals surface area contributed by atoms with Crippen molar-refractivity contribution in [3.8, 4) is 0 Å². The number of aromatic nitrogens is 2. The van der Waals surface area contributed by atoms with Crippen molar-refractivity contribution in [1.29, 1.82) is 0 Å². The van der Waals surface area contributed by atoms with Crippen molar-refractivity contribution < 1.29 is 59.4 Å². The average Bonchev–Trinajstić information content (AvgIpc) is 2.96. The number of sulfonamides is 1. The van der Waals surface area contributed by atoms with Crippen LogP contribution in [0.2, 0.25) is 0 Å². The van der Waals surface area contributed by atoms with Gasteiger partial charge >= 0.3 is 6.18 Å². The van der Waals surface area contributed by atoms with Crippen LogP contribution < -0.4 is 4.31 Å². The van der Waals surface area contributed by atoms with Gasteiger partial charge in [0, 0.05) is 45.3 Å². The first kappa shape index (κ1) is 27.6. The third-order valence-corrected chi connectivity index (χ3v) is 5.72. The fraction of sp³-hybridized carbons (Fsp3) is 0.333. The van der Waals surface area contributed by atoms with Crippen molar-refractivity contribution in [2.45, 2.75) is 26.9 Å². The molecule has 11 heteroatoms. The largest absolute Gasteiger partial charge is 0.504 e. The molecule has 0 unspecified atom stereocenters. The summed E-state index contributed by atoms with van der Waals surface area (Å²) in [7, 11) is -3.22. The number of aliphatic hydroxyl groups is 1. The number of hydrogen-bond acceptors (Lipinski definition) is 4. The molecule has 0 bridgehead atoms. The molecule has 159 valence electrons. The summed E-state index contributed by atoms with van der Waals surface area (Å²) in [4.78, 5) is -0.564. The van der Waals surface area contributed by atoms with Gasteiger partial charge in [0.05, 0.1) is 6.20 Å². The summed E-state index contributed by atoms with van der Waals surface area (Å²) >= 11 is 0. The first-order valence-corrected chi connectivity index (χ1v) is 9.59. The number of benzene rings is 1. The fourth-order valence-corrected chi connectivity index (χ4v) is 4.56. The van der Waals surface area contributed by atoms with Crippen LogP contribution in [0.15, 0.2) is 30.5 Å². The van der Waals surface area contributed by atoms with E-state index in [4.69, 9.17) is 0 Å². The van der Waals surface area contributed by atoms with Crippen molar-refractivity contribution in [3.05, 3.63) is 54.7 Å². The van der Waals surface area contributed by atoms with Crippen molar-refractivity contribution in [2.24, 2.45) is 7.05 Å². The topological polar surface area (TPSA) is 75.4 Å². The molecule has 1 aliphatic heterocycles. The monoisotopic (exact) mass is 507 g/mol. The molecule has 1 aromatic heterocycles. The molecule has 0 saturated carbocycles. The van der Waals surface area contributed by atoms with E-state index in [1.54, 1.807) is 25.1 Å². The number of aliphatic hydroxyl groups excluding tert-OH is 1. The molecule has 0 spiro atoms. The second-order valence-electron chi connectivity index (χ2n) is 5.62. The van der Waals surface area contributed by atoms with Crippen LogP contribution in [0.3, 0.4) is 0 Å². The van der Waals surface area contributed by atoms with Crippen LogP contribution in [-0.4, -0.2) is 36.0 Å². The Morgan fingerprint density at radius 1 is 1.17 bits per heavy atom. The Kier molecular flexibility index (Phi) is 9.60. The van der Waals surface area contributed by atoms with E-state index in [-0.39, 0.29) is 61.4 Å².